The third-order valence-electron chi connectivity index (χ3n) is 3.58. The number of hydrogen-bond donors (Lipinski definition) is 2. The normalized spacial score (nSPS) is 11.1. The zero-order valence-corrected chi connectivity index (χ0v) is 17.9. The zero-order valence-electron chi connectivity index (χ0n) is 14.8. The first kappa shape index (κ1) is 23.5. The van der Waals surface area contributed by atoms with Crippen LogP contribution in [0, 0.1) is 13.8 Å². The Hall–Kier alpha value is -1.80. The molecule has 0 aliphatic rings. The second-order valence-electron chi connectivity index (χ2n) is 5.84. The molecule has 0 aliphatic carbocycles. The Balaban J connectivity index is 2.41. The van der Waals surface area contributed by atoms with E-state index in [4.69, 9.17) is 51.1 Å². The summed E-state index contributed by atoms with van der Waals surface area (Å²) in [6.45, 7) is 3.51. The van der Waals surface area contributed by atoms with Gasteiger partial charge in [0.1, 0.15) is 15.4 Å². The van der Waals surface area contributed by atoms with Gasteiger partial charge < -0.3 is 10.1 Å². The molecule has 2 N–H and O–H groups in total. The van der Waals surface area contributed by atoms with Gasteiger partial charge in [-0.25, -0.2) is 4.79 Å². The highest BCUT2D eigenvalue weighted by Crippen LogP contribution is 2.38. The highest BCUT2D eigenvalue weighted by molar-refractivity contribution is 6.59. The van der Waals surface area contributed by atoms with Crippen molar-refractivity contribution in [1.82, 2.24) is 5.32 Å². The number of hydrogen-bond acceptors (Lipinski definition) is 2. The van der Waals surface area contributed by atoms with Gasteiger partial charge in [0.2, 0.25) is 0 Å². The van der Waals surface area contributed by atoms with Crippen LogP contribution in [0.2, 0.25) is 5.02 Å². The molecule has 29 heavy (non-hydrogen) atoms. The van der Waals surface area contributed by atoms with Crippen molar-refractivity contribution < 1.29 is 22.7 Å². The van der Waals surface area contributed by atoms with Crippen LogP contribution in [0.1, 0.15) is 16.7 Å². The molecule has 0 unspecified atom stereocenters. The summed E-state index contributed by atoms with van der Waals surface area (Å²) in [5, 5.41) is 4.46. The largest absolute Gasteiger partial charge is 0.455 e. The fourth-order valence-electron chi connectivity index (χ4n) is 2.29. The molecular formula is C18H13Cl4F3N2O2. The van der Waals surface area contributed by atoms with Crippen LogP contribution in [0.25, 0.3) is 0 Å². The summed E-state index contributed by atoms with van der Waals surface area (Å²) >= 11 is 22.6. The summed E-state index contributed by atoms with van der Waals surface area (Å²) in [5.74, 6) is 0.292. The number of anilines is 1. The summed E-state index contributed by atoms with van der Waals surface area (Å²) in [4.78, 5) is 12.0. The van der Waals surface area contributed by atoms with Gasteiger partial charge in [0, 0.05) is 5.02 Å². The average Bonchev–Trinajstić information content (AvgIpc) is 2.59. The number of urea groups is 1. The third-order valence-corrected chi connectivity index (χ3v) is 5.03. The van der Waals surface area contributed by atoms with Gasteiger partial charge >= 0.3 is 12.2 Å². The minimum atomic E-state index is -4.63. The predicted octanol–water partition coefficient (Wildman–Crippen LogP) is 7.73. The molecule has 4 nitrogen and oxygen atoms in total. The SMILES string of the molecule is Cc1cc(Oc2ccc(C(F)(F)F)cc2NC(=O)NC(Cl)=C(Cl)Cl)cc(C)c1Cl. The van der Waals surface area contributed by atoms with Gasteiger partial charge in [0.15, 0.2) is 5.75 Å². The van der Waals surface area contributed by atoms with Gasteiger partial charge in [-0.15, -0.1) is 0 Å². The predicted molar refractivity (Wildman–Crippen MR) is 109 cm³/mol. The maximum absolute atomic E-state index is 13.1. The van der Waals surface area contributed by atoms with Crippen LogP contribution in [-0.2, 0) is 6.18 Å². The molecule has 0 saturated heterocycles. The molecular weight excluding hydrogens is 475 g/mol. The summed E-state index contributed by atoms with van der Waals surface area (Å²) < 4.78 is 44.5. The first-order valence-corrected chi connectivity index (χ1v) is 9.34. The van der Waals surface area contributed by atoms with Crippen molar-refractivity contribution in [3.63, 3.8) is 0 Å². The molecule has 2 amide bonds. The van der Waals surface area contributed by atoms with E-state index in [1.165, 1.54) is 0 Å². The standard InChI is InChI=1S/C18H13Cl4F3N2O2/c1-8-5-11(6-9(2)14(8)19)29-13-4-3-10(18(23,24)25)7-12(13)26-17(28)27-16(22)15(20)21/h3-7H,1-2H3,(H2,26,27,28). The van der Waals surface area contributed by atoms with Gasteiger partial charge in [-0.2, -0.15) is 13.2 Å². The molecule has 0 atom stereocenters. The van der Waals surface area contributed by atoms with Crippen LogP contribution < -0.4 is 15.4 Å². The highest BCUT2D eigenvalue weighted by Gasteiger charge is 2.31. The van der Waals surface area contributed by atoms with Crippen molar-refractivity contribution in [3.05, 3.63) is 61.7 Å². The smallest absolute Gasteiger partial charge is 0.416 e. The Bertz CT molecular complexity index is 951. The molecule has 156 valence electrons. The molecule has 11 heteroatoms. The van der Waals surface area contributed by atoms with E-state index < -0.39 is 27.4 Å². The first-order valence-electron chi connectivity index (χ1n) is 7.83. The van der Waals surface area contributed by atoms with Crippen molar-refractivity contribution in [1.29, 1.82) is 0 Å². The fraction of sp³-hybridized carbons (Fsp3) is 0.167. The zero-order chi connectivity index (χ0) is 21.9. The monoisotopic (exact) mass is 486 g/mol. The number of halogens is 7. The van der Waals surface area contributed by atoms with Crippen molar-refractivity contribution in [2.75, 3.05) is 5.32 Å². The molecule has 0 aromatic heterocycles. The van der Waals surface area contributed by atoms with E-state index in [0.29, 0.717) is 10.8 Å². The number of rotatable bonds is 4. The molecule has 2 aromatic rings. The summed E-state index contributed by atoms with van der Waals surface area (Å²) in [7, 11) is 0. The molecule has 0 radical (unpaired) electrons. The Morgan fingerprint density at radius 3 is 2.14 bits per heavy atom. The van der Waals surface area contributed by atoms with E-state index in [9.17, 15) is 18.0 Å². The van der Waals surface area contributed by atoms with Gasteiger partial charge in [-0.1, -0.05) is 46.4 Å². The van der Waals surface area contributed by atoms with Crippen molar-refractivity contribution in [2.24, 2.45) is 0 Å². The Labute approximate surface area is 184 Å². The minimum Gasteiger partial charge on any atom is -0.455 e. The molecule has 0 spiro atoms. The van der Waals surface area contributed by atoms with Gasteiger partial charge in [-0.05, 0) is 55.3 Å². The minimum absolute atomic E-state index is 0.0358. The summed E-state index contributed by atoms with van der Waals surface area (Å²) in [6.07, 6.45) is -4.63. The Morgan fingerprint density at radius 2 is 1.62 bits per heavy atom. The summed E-state index contributed by atoms with van der Waals surface area (Å²) in [5.41, 5.74) is 0.197. The van der Waals surface area contributed by atoms with E-state index >= 15 is 0 Å². The molecule has 2 rings (SSSR count). The van der Waals surface area contributed by atoms with Gasteiger partial charge in [0.05, 0.1) is 11.3 Å². The van der Waals surface area contributed by atoms with E-state index in [1.807, 2.05) is 0 Å². The van der Waals surface area contributed by atoms with Crippen LogP contribution in [-0.4, -0.2) is 6.03 Å². The van der Waals surface area contributed by atoms with E-state index in [0.717, 1.165) is 29.3 Å². The molecule has 0 heterocycles. The Morgan fingerprint density at radius 1 is 1.03 bits per heavy atom. The van der Waals surface area contributed by atoms with E-state index in [2.05, 4.69) is 10.6 Å². The van der Waals surface area contributed by atoms with Crippen molar-refractivity contribution in [2.45, 2.75) is 20.0 Å². The van der Waals surface area contributed by atoms with Crippen LogP contribution in [0.4, 0.5) is 23.7 Å². The maximum atomic E-state index is 13.1. The number of alkyl halides is 3. The van der Waals surface area contributed by atoms with Gasteiger partial charge in [-0.3, -0.25) is 5.32 Å². The summed E-state index contributed by atoms with van der Waals surface area (Å²) in [6, 6.07) is 4.90. The number of ether oxygens (including phenoxy) is 1. The lowest BCUT2D eigenvalue weighted by molar-refractivity contribution is -0.137. The average molecular weight is 488 g/mol. The molecule has 0 aliphatic heterocycles. The van der Waals surface area contributed by atoms with Crippen LogP contribution in [0.15, 0.2) is 40.0 Å². The van der Waals surface area contributed by atoms with Gasteiger partial charge in [0.25, 0.3) is 0 Å². The molecule has 0 saturated carbocycles. The molecule has 2 aromatic carbocycles. The maximum Gasteiger partial charge on any atom is 0.416 e. The topological polar surface area (TPSA) is 50.4 Å². The lowest BCUT2D eigenvalue weighted by Crippen LogP contribution is -2.27. The number of nitrogens with one attached hydrogen (secondary N) is 2. The van der Waals surface area contributed by atoms with E-state index in [-0.39, 0.29) is 11.4 Å². The van der Waals surface area contributed by atoms with Crippen LogP contribution in [0.3, 0.4) is 0 Å². The first-order chi connectivity index (χ1) is 13.4. The number of amides is 2. The number of aryl methyl sites for hydroxylation is 2. The number of carbonyl (C=O) groups excluding carboxylic acids is 1. The Kier molecular flexibility index (Phi) is 7.56. The number of carbonyl (C=O) groups is 1. The molecule has 0 fully saturated rings. The lowest BCUT2D eigenvalue weighted by atomic mass is 10.1. The third kappa shape index (κ3) is 6.34. The second kappa shape index (κ2) is 9.34. The van der Waals surface area contributed by atoms with Crippen LogP contribution >= 0.6 is 46.4 Å². The number of benzene rings is 2. The fourth-order valence-corrected chi connectivity index (χ4v) is 2.57. The highest BCUT2D eigenvalue weighted by atomic mass is 35.5. The lowest BCUT2D eigenvalue weighted by Gasteiger charge is -2.16. The second-order valence-corrected chi connectivity index (χ2v) is 7.54. The van der Waals surface area contributed by atoms with Crippen molar-refractivity contribution in [3.8, 4) is 11.5 Å². The van der Waals surface area contributed by atoms with Crippen LogP contribution in [0.5, 0.6) is 11.5 Å². The quantitative estimate of drug-likeness (QED) is 0.433. The molecule has 0 bridgehead atoms. The van der Waals surface area contributed by atoms with Crippen molar-refractivity contribution >= 4 is 58.1 Å². The van der Waals surface area contributed by atoms with E-state index in [1.54, 1.807) is 26.0 Å².